The third-order valence-corrected chi connectivity index (χ3v) is 4.51. The van der Waals surface area contributed by atoms with Crippen molar-refractivity contribution in [3.8, 4) is 0 Å². The molecular formula is C20H16ClN3O4. The number of carbonyl (C=O) groups excluding carboxylic acids is 2. The first kappa shape index (κ1) is 19.3. The average molecular weight is 398 g/mol. The number of halogens is 1. The molecule has 0 saturated carbocycles. The first-order chi connectivity index (χ1) is 13.4. The van der Waals surface area contributed by atoms with Gasteiger partial charge >= 0.3 is 5.69 Å². The highest BCUT2D eigenvalue weighted by molar-refractivity contribution is 6.31. The van der Waals surface area contributed by atoms with E-state index in [2.05, 4.69) is 10.3 Å². The summed E-state index contributed by atoms with van der Waals surface area (Å²) in [5.74, 6) is -0.772. The lowest BCUT2D eigenvalue weighted by molar-refractivity contribution is 0.101. The van der Waals surface area contributed by atoms with Crippen molar-refractivity contribution in [2.75, 3.05) is 5.32 Å². The molecule has 0 unspecified atom stereocenters. The first-order valence-corrected chi connectivity index (χ1v) is 8.73. The number of hydrogen-bond acceptors (Lipinski definition) is 4. The second-order valence-electron chi connectivity index (χ2n) is 6.08. The SMILES string of the molecule is CC(=O)c1ccc(NC(=O)c2c[nH]c(=O)n(Cc3ccccc3Cl)c2=O)cc1. The summed E-state index contributed by atoms with van der Waals surface area (Å²) in [4.78, 5) is 51.0. The summed E-state index contributed by atoms with van der Waals surface area (Å²) in [6.07, 6.45) is 1.08. The number of ketones is 1. The average Bonchev–Trinajstić information content (AvgIpc) is 2.66. The van der Waals surface area contributed by atoms with Gasteiger partial charge in [0.25, 0.3) is 11.5 Å². The number of anilines is 1. The van der Waals surface area contributed by atoms with Crippen LogP contribution in [0.1, 0.15) is 33.2 Å². The van der Waals surface area contributed by atoms with Gasteiger partial charge in [-0.2, -0.15) is 0 Å². The predicted octanol–water partition coefficient (Wildman–Crippen LogP) is 2.69. The van der Waals surface area contributed by atoms with Crippen molar-refractivity contribution in [1.29, 1.82) is 0 Å². The number of benzene rings is 2. The molecule has 0 aliphatic rings. The number of Topliss-reactive ketones (excluding diaryl/α,β-unsaturated/α-hetero) is 1. The summed E-state index contributed by atoms with van der Waals surface area (Å²) < 4.78 is 0.912. The Hall–Kier alpha value is -3.45. The maximum atomic E-state index is 12.7. The van der Waals surface area contributed by atoms with Crippen molar-refractivity contribution in [2.24, 2.45) is 0 Å². The lowest BCUT2D eigenvalue weighted by atomic mass is 10.1. The van der Waals surface area contributed by atoms with Crippen molar-refractivity contribution in [2.45, 2.75) is 13.5 Å². The van der Waals surface area contributed by atoms with Gasteiger partial charge in [-0.3, -0.25) is 19.0 Å². The van der Waals surface area contributed by atoms with Gasteiger partial charge in [-0.15, -0.1) is 0 Å². The molecule has 0 saturated heterocycles. The van der Waals surface area contributed by atoms with Crippen LogP contribution in [0.15, 0.2) is 64.3 Å². The maximum Gasteiger partial charge on any atom is 0.328 e. The molecule has 2 aromatic carbocycles. The predicted molar refractivity (Wildman–Crippen MR) is 106 cm³/mol. The normalized spacial score (nSPS) is 10.5. The van der Waals surface area contributed by atoms with E-state index in [0.29, 0.717) is 21.8 Å². The van der Waals surface area contributed by atoms with Gasteiger partial charge in [0.15, 0.2) is 5.78 Å². The van der Waals surface area contributed by atoms with E-state index >= 15 is 0 Å². The van der Waals surface area contributed by atoms with Gasteiger partial charge < -0.3 is 10.3 Å². The summed E-state index contributed by atoms with van der Waals surface area (Å²) in [6.45, 7) is 1.37. The van der Waals surface area contributed by atoms with Crippen molar-refractivity contribution in [3.05, 3.63) is 97.3 Å². The van der Waals surface area contributed by atoms with Crippen LogP contribution in [0.2, 0.25) is 5.02 Å². The van der Waals surface area contributed by atoms with Gasteiger partial charge in [0, 0.05) is 22.5 Å². The molecule has 1 heterocycles. The highest BCUT2D eigenvalue weighted by atomic mass is 35.5. The minimum atomic E-state index is -0.735. The molecule has 8 heteroatoms. The Morgan fingerprint density at radius 3 is 2.39 bits per heavy atom. The van der Waals surface area contributed by atoms with E-state index in [-0.39, 0.29) is 17.9 Å². The number of H-pyrrole nitrogens is 1. The molecule has 2 N–H and O–H groups in total. The summed E-state index contributed by atoms with van der Waals surface area (Å²) in [7, 11) is 0. The van der Waals surface area contributed by atoms with Gasteiger partial charge in [0.05, 0.1) is 6.54 Å². The molecule has 1 amide bonds. The molecule has 0 atom stereocenters. The lowest BCUT2D eigenvalue weighted by Crippen LogP contribution is -2.39. The molecule has 3 rings (SSSR count). The van der Waals surface area contributed by atoms with Crippen LogP contribution in [-0.2, 0) is 6.54 Å². The number of hydrogen-bond donors (Lipinski definition) is 2. The second kappa shape index (κ2) is 8.06. The van der Waals surface area contributed by atoms with Gasteiger partial charge in [-0.05, 0) is 42.8 Å². The van der Waals surface area contributed by atoms with Crippen molar-refractivity contribution >= 4 is 29.0 Å². The van der Waals surface area contributed by atoms with Crippen molar-refractivity contribution in [1.82, 2.24) is 9.55 Å². The fourth-order valence-corrected chi connectivity index (χ4v) is 2.80. The van der Waals surface area contributed by atoms with Crippen molar-refractivity contribution in [3.63, 3.8) is 0 Å². The van der Waals surface area contributed by atoms with E-state index in [4.69, 9.17) is 11.6 Å². The second-order valence-corrected chi connectivity index (χ2v) is 6.49. The number of carbonyl (C=O) groups is 2. The number of nitrogens with one attached hydrogen (secondary N) is 2. The Kier molecular flexibility index (Phi) is 5.56. The highest BCUT2D eigenvalue weighted by Crippen LogP contribution is 2.15. The van der Waals surface area contributed by atoms with Gasteiger partial charge in [-0.25, -0.2) is 4.79 Å². The molecule has 142 valence electrons. The molecule has 3 aromatic rings. The largest absolute Gasteiger partial charge is 0.328 e. The monoisotopic (exact) mass is 397 g/mol. The molecule has 0 spiro atoms. The summed E-state index contributed by atoms with van der Waals surface area (Å²) in [5, 5.41) is 2.99. The summed E-state index contributed by atoms with van der Waals surface area (Å²) >= 11 is 6.09. The van der Waals surface area contributed by atoms with Gasteiger partial charge in [-0.1, -0.05) is 29.8 Å². The zero-order valence-corrected chi connectivity index (χ0v) is 15.6. The third kappa shape index (κ3) is 4.10. The number of nitrogens with zero attached hydrogens (tertiary/aromatic N) is 1. The molecule has 0 aliphatic carbocycles. The number of aromatic nitrogens is 2. The zero-order chi connectivity index (χ0) is 20.3. The summed E-state index contributed by atoms with van der Waals surface area (Å²) in [5.41, 5.74) is -0.104. The summed E-state index contributed by atoms with van der Waals surface area (Å²) in [6, 6.07) is 13.1. The topological polar surface area (TPSA) is 101 Å². The Balaban J connectivity index is 1.89. The standard InChI is InChI=1S/C20H16ClN3O4/c1-12(25)13-6-8-15(9-7-13)23-18(26)16-10-22-20(28)24(19(16)27)11-14-4-2-3-5-17(14)21/h2-10H,11H2,1H3,(H,22,28)(H,23,26). The Labute approximate surface area is 164 Å². The molecule has 0 radical (unpaired) electrons. The number of aromatic amines is 1. The Morgan fingerprint density at radius 1 is 1.07 bits per heavy atom. The lowest BCUT2D eigenvalue weighted by Gasteiger charge is -2.09. The third-order valence-electron chi connectivity index (χ3n) is 4.14. The molecule has 1 aromatic heterocycles. The van der Waals surface area contributed by atoms with Crippen LogP contribution < -0.4 is 16.6 Å². The number of amides is 1. The molecule has 7 nitrogen and oxygen atoms in total. The quantitative estimate of drug-likeness (QED) is 0.646. The fourth-order valence-electron chi connectivity index (χ4n) is 2.60. The Morgan fingerprint density at radius 2 is 1.75 bits per heavy atom. The smallest absolute Gasteiger partial charge is 0.322 e. The zero-order valence-electron chi connectivity index (χ0n) is 14.9. The van der Waals surface area contributed by atoms with Crippen LogP contribution in [-0.4, -0.2) is 21.2 Å². The van der Waals surface area contributed by atoms with E-state index in [0.717, 1.165) is 10.8 Å². The Bertz CT molecular complexity index is 1160. The van der Waals surface area contributed by atoms with Crippen LogP contribution in [0, 0.1) is 0 Å². The highest BCUT2D eigenvalue weighted by Gasteiger charge is 2.16. The number of rotatable bonds is 5. The van der Waals surface area contributed by atoms with Crippen LogP contribution in [0.25, 0.3) is 0 Å². The minimum Gasteiger partial charge on any atom is -0.322 e. The van der Waals surface area contributed by atoms with Crippen LogP contribution in [0.3, 0.4) is 0 Å². The van der Waals surface area contributed by atoms with E-state index in [1.165, 1.54) is 6.92 Å². The van der Waals surface area contributed by atoms with Gasteiger partial charge in [0.2, 0.25) is 0 Å². The molecule has 28 heavy (non-hydrogen) atoms. The van der Waals surface area contributed by atoms with E-state index in [1.807, 2.05) is 0 Å². The minimum absolute atomic E-state index is 0.0672. The van der Waals surface area contributed by atoms with Crippen LogP contribution >= 0.6 is 11.6 Å². The van der Waals surface area contributed by atoms with Crippen molar-refractivity contribution < 1.29 is 9.59 Å². The van der Waals surface area contributed by atoms with E-state index < -0.39 is 17.2 Å². The van der Waals surface area contributed by atoms with E-state index in [9.17, 15) is 19.2 Å². The maximum absolute atomic E-state index is 12.7. The van der Waals surface area contributed by atoms with Crippen LogP contribution in [0.5, 0.6) is 0 Å². The molecular weight excluding hydrogens is 382 g/mol. The van der Waals surface area contributed by atoms with Gasteiger partial charge in [0.1, 0.15) is 5.56 Å². The first-order valence-electron chi connectivity index (χ1n) is 8.35. The molecule has 0 aliphatic heterocycles. The van der Waals surface area contributed by atoms with E-state index in [1.54, 1.807) is 48.5 Å². The fraction of sp³-hybridized carbons (Fsp3) is 0.100. The molecule has 0 bridgehead atoms. The van der Waals surface area contributed by atoms with Crippen LogP contribution in [0.4, 0.5) is 5.69 Å². The molecule has 0 fully saturated rings.